The second kappa shape index (κ2) is 5.99. The van der Waals surface area contributed by atoms with Gasteiger partial charge in [-0.05, 0) is 49.1 Å². The Balaban J connectivity index is 2.46. The van der Waals surface area contributed by atoms with Crippen LogP contribution in [0.5, 0.6) is 5.75 Å². The molecule has 0 saturated carbocycles. The van der Waals surface area contributed by atoms with E-state index in [1.54, 1.807) is 14.2 Å². The highest BCUT2D eigenvalue weighted by molar-refractivity contribution is 5.80. The second-order valence-electron chi connectivity index (χ2n) is 4.83. The summed E-state index contributed by atoms with van der Waals surface area (Å²) in [5.74, 6) is 1.10. The lowest BCUT2D eigenvalue weighted by atomic mass is 9.84. The van der Waals surface area contributed by atoms with Crippen LogP contribution in [0, 0.1) is 5.92 Å². The fraction of sp³-hybridized carbons (Fsp3) is 0.438. The predicted octanol–water partition coefficient (Wildman–Crippen LogP) is 2.81. The van der Waals surface area contributed by atoms with Crippen LogP contribution in [0.3, 0.4) is 0 Å². The van der Waals surface area contributed by atoms with Crippen molar-refractivity contribution < 1.29 is 19.0 Å². The Bertz CT molecular complexity index is 545. The molecule has 0 spiro atoms. The summed E-state index contributed by atoms with van der Waals surface area (Å²) in [5, 5.41) is 0. The summed E-state index contributed by atoms with van der Waals surface area (Å²) >= 11 is 0. The molecule has 0 N–H and O–H groups in total. The Morgan fingerprint density at radius 2 is 1.90 bits per heavy atom. The van der Waals surface area contributed by atoms with Gasteiger partial charge in [0.05, 0.1) is 27.2 Å². The molecule has 20 heavy (non-hydrogen) atoms. The molecule has 1 unspecified atom stereocenters. The minimum Gasteiger partial charge on any atom is -0.497 e. The molecular weight excluding hydrogens is 256 g/mol. The van der Waals surface area contributed by atoms with Crippen LogP contribution in [-0.2, 0) is 20.7 Å². The first kappa shape index (κ1) is 14.4. The molecule has 0 saturated heterocycles. The van der Waals surface area contributed by atoms with Crippen molar-refractivity contribution in [2.75, 3.05) is 21.3 Å². The van der Waals surface area contributed by atoms with Gasteiger partial charge < -0.3 is 14.2 Å². The molecule has 0 fully saturated rings. The number of carbonyl (C=O) groups excluding carboxylic acids is 1. The number of aryl methyl sites for hydroxylation is 1. The van der Waals surface area contributed by atoms with Crippen molar-refractivity contribution in [3.63, 3.8) is 0 Å². The van der Waals surface area contributed by atoms with Crippen LogP contribution in [0.15, 0.2) is 23.8 Å². The van der Waals surface area contributed by atoms with Gasteiger partial charge in [0, 0.05) is 5.56 Å². The third kappa shape index (κ3) is 2.50. The minimum absolute atomic E-state index is 0.230. The molecule has 1 atom stereocenters. The Hall–Kier alpha value is -1.97. The highest BCUT2D eigenvalue weighted by Crippen LogP contribution is 2.37. The van der Waals surface area contributed by atoms with E-state index in [0.717, 1.165) is 35.5 Å². The van der Waals surface area contributed by atoms with Crippen LogP contribution in [0.4, 0.5) is 0 Å². The van der Waals surface area contributed by atoms with Crippen molar-refractivity contribution in [3.8, 4) is 5.75 Å². The highest BCUT2D eigenvalue weighted by Gasteiger charge is 2.27. The number of carbonyl (C=O) groups is 1. The summed E-state index contributed by atoms with van der Waals surface area (Å²) in [7, 11) is 4.70. The smallest absolute Gasteiger partial charge is 0.312 e. The van der Waals surface area contributed by atoms with E-state index in [0.29, 0.717) is 0 Å². The summed E-state index contributed by atoms with van der Waals surface area (Å²) in [6, 6.07) is 5.91. The number of hydrogen-bond acceptors (Lipinski definition) is 4. The fourth-order valence-electron chi connectivity index (χ4n) is 2.65. The SMILES string of the molecule is COC(=O)C(C)C1=C(OC)c2ccc(OC)cc2CC1. The molecular formula is C16H20O4. The topological polar surface area (TPSA) is 44.8 Å². The summed E-state index contributed by atoms with van der Waals surface area (Å²) in [6.45, 7) is 1.86. The lowest BCUT2D eigenvalue weighted by Crippen LogP contribution is -2.20. The quantitative estimate of drug-likeness (QED) is 0.793. The molecule has 0 aliphatic heterocycles. The van der Waals surface area contributed by atoms with Crippen LogP contribution in [-0.4, -0.2) is 27.3 Å². The largest absolute Gasteiger partial charge is 0.497 e. The van der Waals surface area contributed by atoms with Gasteiger partial charge in [-0.25, -0.2) is 0 Å². The van der Waals surface area contributed by atoms with Gasteiger partial charge in [0.25, 0.3) is 0 Å². The zero-order chi connectivity index (χ0) is 14.7. The van der Waals surface area contributed by atoms with Crippen LogP contribution >= 0.6 is 0 Å². The van der Waals surface area contributed by atoms with Crippen LogP contribution in [0.25, 0.3) is 5.76 Å². The zero-order valence-electron chi connectivity index (χ0n) is 12.4. The number of benzene rings is 1. The fourth-order valence-corrected chi connectivity index (χ4v) is 2.65. The van der Waals surface area contributed by atoms with E-state index in [4.69, 9.17) is 14.2 Å². The maximum atomic E-state index is 11.8. The molecule has 1 aliphatic carbocycles. The number of hydrogen-bond donors (Lipinski definition) is 0. The number of methoxy groups -OCH3 is 3. The number of esters is 1. The van der Waals surface area contributed by atoms with Crippen molar-refractivity contribution >= 4 is 11.7 Å². The van der Waals surface area contributed by atoms with Crippen molar-refractivity contribution in [3.05, 3.63) is 34.9 Å². The van der Waals surface area contributed by atoms with Crippen LogP contribution in [0.1, 0.15) is 24.5 Å². The average molecular weight is 276 g/mol. The summed E-state index contributed by atoms with van der Waals surface area (Å²) in [4.78, 5) is 11.8. The Kier molecular flexibility index (Phi) is 4.32. The maximum Gasteiger partial charge on any atom is 0.312 e. The first-order chi connectivity index (χ1) is 9.62. The molecule has 4 heteroatoms. The number of rotatable bonds is 4. The average Bonchev–Trinajstić information content (AvgIpc) is 2.51. The summed E-state index contributed by atoms with van der Waals surface area (Å²) < 4.78 is 15.6. The van der Waals surface area contributed by atoms with Crippen LogP contribution < -0.4 is 4.74 Å². The van der Waals surface area contributed by atoms with Gasteiger partial charge in [-0.3, -0.25) is 4.79 Å². The van der Waals surface area contributed by atoms with Gasteiger partial charge in [0.15, 0.2) is 0 Å². The summed E-state index contributed by atoms with van der Waals surface area (Å²) in [5.41, 5.74) is 3.21. The third-order valence-electron chi connectivity index (χ3n) is 3.79. The molecule has 0 radical (unpaired) electrons. The molecule has 1 aromatic rings. The molecule has 0 heterocycles. The second-order valence-corrected chi connectivity index (χ2v) is 4.83. The number of ether oxygens (including phenoxy) is 3. The Morgan fingerprint density at radius 1 is 1.15 bits per heavy atom. The Morgan fingerprint density at radius 3 is 2.50 bits per heavy atom. The first-order valence-corrected chi connectivity index (χ1v) is 6.64. The predicted molar refractivity (Wildman–Crippen MR) is 76.4 cm³/mol. The molecule has 4 nitrogen and oxygen atoms in total. The van der Waals surface area contributed by atoms with E-state index >= 15 is 0 Å². The molecule has 0 bridgehead atoms. The van der Waals surface area contributed by atoms with Gasteiger partial charge in [0.2, 0.25) is 0 Å². The van der Waals surface area contributed by atoms with E-state index in [9.17, 15) is 4.79 Å². The van der Waals surface area contributed by atoms with Crippen molar-refractivity contribution in [2.24, 2.45) is 5.92 Å². The van der Waals surface area contributed by atoms with E-state index < -0.39 is 0 Å². The molecule has 1 aromatic carbocycles. The van der Waals surface area contributed by atoms with Crippen LogP contribution in [0.2, 0.25) is 0 Å². The van der Waals surface area contributed by atoms with Gasteiger partial charge in [-0.15, -0.1) is 0 Å². The molecule has 1 aliphatic rings. The summed E-state index contributed by atoms with van der Waals surface area (Å²) in [6.07, 6.45) is 1.66. The maximum absolute atomic E-state index is 11.8. The standard InChI is InChI=1S/C16H20O4/c1-10(16(17)20-4)13-7-5-11-9-12(18-2)6-8-14(11)15(13)19-3/h6,8-10H,5,7H2,1-4H3. The highest BCUT2D eigenvalue weighted by atomic mass is 16.5. The molecule has 108 valence electrons. The molecule has 0 amide bonds. The van der Waals surface area contributed by atoms with Crippen molar-refractivity contribution in [1.82, 2.24) is 0 Å². The molecule has 2 rings (SSSR count). The zero-order valence-corrected chi connectivity index (χ0v) is 12.4. The number of fused-ring (bicyclic) bond motifs is 1. The normalized spacial score (nSPS) is 15.4. The van der Waals surface area contributed by atoms with Gasteiger partial charge >= 0.3 is 5.97 Å². The minimum atomic E-state index is -0.287. The third-order valence-corrected chi connectivity index (χ3v) is 3.79. The van der Waals surface area contributed by atoms with E-state index in [-0.39, 0.29) is 11.9 Å². The van der Waals surface area contributed by atoms with Crippen molar-refractivity contribution in [2.45, 2.75) is 19.8 Å². The molecule has 0 aromatic heterocycles. The Labute approximate surface area is 119 Å². The van der Waals surface area contributed by atoms with Gasteiger partial charge in [0.1, 0.15) is 11.5 Å². The van der Waals surface area contributed by atoms with E-state index in [1.807, 2.05) is 25.1 Å². The van der Waals surface area contributed by atoms with Gasteiger partial charge in [-0.1, -0.05) is 0 Å². The first-order valence-electron chi connectivity index (χ1n) is 6.64. The lowest BCUT2D eigenvalue weighted by molar-refractivity contribution is -0.143. The van der Waals surface area contributed by atoms with E-state index in [2.05, 4.69) is 0 Å². The van der Waals surface area contributed by atoms with Crippen molar-refractivity contribution in [1.29, 1.82) is 0 Å². The lowest BCUT2D eigenvalue weighted by Gasteiger charge is -2.25. The van der Waals surface area contributed by atoms with E-state index in [1.165, 1.54) is 12.7 Å². The monoisotopic (exact) mass is 276 g/mol. The van der Waals surface area contributed by atoms with Gasteiger partial charge in [-0.2, -0.15) is 0 Å².